The van der Waals surface area contributed by atoms with Crippen molar-refractivity contribution < 1.29 is 4.79 Å². The van der Waals surface area contributed by atoms with Crippen molar-refractivity contribution in [1.29, 1.82) is 0 Å². The van der Waals surface area contributed by atoms with Crippen molar-refractivity contribution in [3.8, 4) is 0 Å². The molecule has 0 saturated carbocycles. The van der Waals surface area contributed by atoms with Crippen LogP contribution in [0.25, 0.3) is 0 Å². The van der Waals surface area contributed by atoms with Crippen molar-refractivity contribution in [3.05, 3.63) is 48.5 Å². The minimum absolute atomic E-state index is 0.120. The van der Waals surface area contributed by atoms with Gasteiger partial charge in [-0.05, 0) is 30.3 Å². The van der Waals surface area contributed by atoms with Crippen molar-refractivity contribution in [2.75, 3.05) is 11.1 Å². The Bertz CT molecular complexity index is 555. The molecule has 2 rings (SSSR count). The number of carbonyl (C=O) groups excluding carboxylic acids is 1. The van der Waals surface area contributed by atoms with E-state index in [0.717, 1.165) is 9.79 Å². The molecule has 3 nitrogen and oxygen atoms in total. The summed E-state index contributed by atoms with van der Waals surface area (Å²) in [7, 11) is 0. The van der Waals surface area contributed by atoms with Crippen LogP contribution < -0.4 is 11.1 Å². The molecule has 0 radical (unpaired) electrons. The van der Waals surface area contributed by atoms with Crippen LogP contribution in [0.2, 0.25) is 0 Å². The normalized spacial score (nSPS) is 10.1. The zero-order valence-electron chi connectivity index (χ0n) is 10.0. The Kier molecular flexibility index (Phi) is 3.89. The van der Waals surface area contributed by atoms with Gasteiger partial charge in [0.15, 0.2) is 0 Å². The van der Waals surface area contributed by atoms with Crippen LogP contribution in [-0.2, 0) is 4.79 Å². The van der Waals surface area contributed by atoms with Crippen LogP contribution in [0, 0.1) is 0 Å². The molecule has 0 unspecified atom stereocenters. The SMILES string of the molecule is CC(=O)Nc1ccc(Sc2ccccc2)cc1N. The maximum absolute atomic E-state index is 11.0. The van der Waals surface area contributed by atoms with Crippen molar-refractivity contribution >= 4 is 29.0 Å². The summed E-state index contributed by atoms with van der Waals surface area (Å²) in [6.07, 6.45) is 0. The highest BCUT2D eigenvalue weighted by molar-refractivity contribution is 7.99. The minimum atomic E-state index is -0.120. The highest BCUT2D eigenvalue weighted by Crippen LogP contribution is 2.31. The lowest BCUT2D eigenvalue weighted by Gasteiger charge is -2.08. The quantitative estimate of drug-likeness (QED) is 0.830. The molecular formula is C14H14N2OS. The van der Waals surface area contributed by atoms with Gasteiger partial charge < -0.3 is 11.1 Å². The summed E-state index contributed by atoms with van der Waals surface area (Å²) in [5.74, 6) is -0.120. The predicted molar refractivity (Wildman–Crippen MR) is 75.7 cm³/mol. The van der Waals surface area contributed by atoms with Crippen molar-refractivity contribution in [3.63, 3.8) is 0 Å². The molecule has 2 aromatic rings. The van der Waals surface area contributed by atoms with Crippen LogP contribution in [0.5, 0.6) is 0 Å². The number of anilines is 2. The number of hydrogen-bond acceptors (Lipinski definition) is 3. The molecule has 4 heteroatoms. The van der Waals surface area contributed by atoms with E-state index in [1.807, 2.05) is 48.5 Å². The van der Waals surface area contributed by atoms with Gasteiger partial charge in [0.2, 0.25) is 5.91 Å². The second-order valence-electron chi connectivity index (χ2n) is 3.85. The van der Waals surface area contributed by atoms with Crippen LogP contribution in [-0.4, -0.2) is 5.91 Å². The number of rotatable bonds is 3. The minimum Gasteiger partial charge on any atom is -0.397 e. The van der Waals surface area contributed by atoms with Gasteiger partial charge in [0.1, 0.15) is 0 Å². The Morgan fingerprint density at radius 1 is 1.11 bits per heavy atom. The molecule has 0 aromatic heterocycles. The van der Waals surface area contributed by atoms with E-state index in [4.69, 9.17) is 5.73 Å². The summed E-state index contributed by atoms with van der Waals surface area (Å²) in [6, 6.07) is 15.7. The van der Waals surface area contributed by atoms with Crippen molar-refractivity contribution in [2.24, 2.45) is 0 Å². The van der Waals surface area contributed by atoms with Crippen LogP contribution in [0.4, 0.5) is 11.4 Å². The summed E-state index contributed by atoms with van der Waals surface area (Å²) in [5.41, 5.74) is 7.12. The lowest BCUT2D eigenvalue weighted by molar-refractivity contribution is -0.114. The first-order valence-corrected chi connectivity index (χ1v) is 6.37. The number of amides is 1. The van der Waals surface area contributed by atoms with Gasteiger partial charge in [0.05, 0.1) is 11.4 Å². The average molecular weight is 258 g/mol. The first kappa shape index (κ1) is 12.5. The lowest BCUT2D eigenvalue weighted by atomic mass is 10.2. The zero-order chi connectivity index (χ0) is 13.0. The number of benzene rings is 2. The molecule has 0 atom stereocenters. The Morgan fingerprint density at radius 2 is 1.83 bits per heavy atom. The van der Waals surface area contributed by atoms with E-state index in [2.05, 4.69) is 5.32 Å². The summed E-state index contributed by atoms with van der Waals surface area (Å²) in [6.45, 7) is 1.46. The average Bonchev–Trinajstić information content (AvgIpc) is 2.33. The molecule has 0 aliphatic rings. The number of nitrogens with two attached hydrogens (primary N) is 1. The topological polar surface area (TPSA) is 55.1 Å². The maximum atomic E-state index is 11.0. The van der Waals surface area contributed by atoms with E-state index in [1.54, 1.807) is 11.8 Å². The van der Waals surface area contributed by atoms with E-state index >= 15 is 0 Å². The standard InChI is InChI=1S/C14H14N2OS/c1-10(17)16-14-8-7-12(9-13(14)15)18-11-5-3-2-4-6-11/h2-9H,15H2,1H3,(H,16,17). The third kappa shape index (κ3) is 3.28. The molecule has 2 aromatic carbocycles. The summed E-state index contributed by atoms with van der Waals surface area (Å²) >= 11 is 1.64. The van der Waals surface area contributed by atoms with Gasteiger partial charge in [-0.3, -0.25) is 4.79 Å². The first-order chi connectivity index (χ1) is 8.65. The Morgan fingerprint density at radius 3 is 2.44 bits per heavy atom. The third-order valence-electron chi connectivity index (χ3n) is 2.31. The molecular weight excluding hydrogens is 244 g/mol. The van der Waals surface area contributed by atoms with Crippen molar-refractivity contribution in [1.82, 2.24) is 0 Å². The first-order valence-electron chi connectivity index (χ1n) is 5.55. The summed E-state index contributed by atoms with van der Waals surface area (Å²) in [5, 5.41) is 2.69. The fourth-order valence-electron chi connectivity index (χ4n) is 1.53. The fourth-order valence-corrected chi connectivity index (χ4v) is 2.42. The second-order valence-corrected chi connectivity index (χ2v) is 4.99. The molecule has 1 amide bonds. The molecule has 0 heterocycles. The Balaban J connectivity index is 2.16. The van der Waals surface area contributed by atoms with E-state index < -0.39 is 0 Å². The predicted octanol–water partition coefficient (Wildman–Crippen LogP) is 3.38. The smallest absolute Gasteiger partial charge is 0.221 e. The largest absolute Gasteiger partial charge is 0.397 e. The number of carbonyl (C=O) groups is 1. The highest BCUT2D eigenvalue weighted by Gasteiger charge is 2.03. The fraction of sp³-hybridized carbons (Fsp3) is 0.0714. The van der Waals surface area contributed by atoms with Crippen LogP contribution in [0.1, 0.15) is 6.92 Å². The summed E-state index contributed by atoms with van der Waals surface area (Å²) in [4.78, 5) is 13.2. The highest BCUT2D eigenvalue weighted by atomic mass is 32.2. The number of nitrogen functional groups attached to an aromatic ring is 1. The molecule has 92 valence electrons. The molecule has 0 fully saturated rings. The molecule has 0 saturated heterocycles. The van der Waals surface area contributed by atoms with Crippen LogP contribution >= 0.6 is 11.8 Å². The summed E-state index contributed by atoms with van der Waals surface area (Å²) < 4.78 is 0. The van der Waals surface area contributed by atoms with Gasteiger partial charge >= 0.3 is 0 Å². The number of nitrogens with one attached hydrogen (secondary N) is 1. The maximum Gasteiger partial charge on any atom is 0.221 e. The number of hydrogen-bond donors (Lipinski definition) is 2. The Hall–Kier alpha value is -1.94. The van der Waals surface area contributed by atoms with Gasteiger partial charge in [-0.2, -0.15) is 0 Å². The van der Waals surface area contributed by atoms with E-state index in [9.17, 15) is 4.79 Å². The van der Waals surface area contributed by atoms with E-state index in [0.29, 0.717) is 11.4 Å². The molecule has 0 aliphatic heterocycles. The van der Waals surface area contributed by atoms with Gasteiger partial charge in [-0.1, -0.05) is 30.0 Å². The van der Waals surface area contributed by atoms with Crippen molar-refractivity contribution in [2.45, 2.75) is 16.7 Å². The molecule has 0 spiro atoms. The van der Waals surface area contributed by atoms with Gasteiger partial charge in [-0.25, -0.2) is 0 Å². The molecule has 0 bridgehead atoms. The third-order valence-corrected chi connectivity index (χ3v) is 3.31. The van der Waals surface area contributed by atoms with Gasteiger partial charge in [-0.15, -0.1) is 0 Å². The van der Waals surface area contributed by atoms with Crippen LogP contribution in [0.15, 0.2) is 58.3 Å². The lowest BCUT2D eigenvalue weighted by Crippen LogP contribution is -2.07. The van der Waals surface area contributed by atoms with Gasteiger partial charge in [0.25, 0.3) is 0 Å². The zero-order valence-corrected chi connectivity index (χ0v) is 10.8. The van der Waals surface area contributed by atoms with Gasteiger partial charge in [0, 0.05) is 16.7 Å². The van der Waals surface area contributed by atoms with E-state index in [1.165, 1.54) is 6.92 Å². The van der Waals surface area contributed by atoms with E-state index in [-0.39, 0.29) is 5.91 Å². The Labute approximate surface area is 110 Å². The molecule has 18 heavy (non-hydrogen) atoms. The second kappa shape index (κ2) is 5.60. The monoisotopic (exact) mass is 258 g/mol. The van der Waals surface area contributed by atoms with Crippen LogP contribution in [0.3, 0.4) is 0 Å². The molecule has 3 N–H and O–H groups in total. The molecule has 0 aliphatic carbocycles.